The zero-order valence-corrected chi connectivity index (χ0v) is 16.2. The maximum atomic E-state index is 12.7. The van der Waals surface area contributed by atoms with E-state index in [0.29, 0.717) is 18.4 Å². The van der Waals surface area contributed by atoms with Crippen molar-refractivity contribution in [2.75, 3.05) is 0 Å². The molecule has 0 saturated carbocycles. The molecule has 0 aliphatic carbocycles. The molecule has 30 heavy (non-hydrogen) atoms. The van der Waals surface area contributed by atoms with Gasteiger partial charge in [-0.15, -0.1) is 0 Å². The molecular weight excluding hydrogens is 378 g/mol. The summed E-state index contributed by atoms with van der Waals surface area (Å²) < 4.78 is 0. The number of H-pyrrole nitrogens is 1. The molecule has 0 fully saturated rings. The number of aromatic nitrogens is 2. The van der Waals surface area contributed by atoms with Gasteiger partial charge in [-0.1, -0.05) is 30.3 Å². The number of benzene rings is 2. The molecule has 3 N–H and O–H groups in total. The number of nitrogens with one attached hydrogen (secondary N) is 2. The molecule has 2 aromatic heterocycles. The number of hydrogen-bond donors (Lipinski definition) is 3. The van der Waals surface area contributed by atoms with Crippen molar-refractivity contribution in [1.82, 2.24) is 15.3 Å². The lowest BCUT2D eigenvalue weighted by atomic mass is 10.0. The molecule has 150 valence electrons. The van der Waals surface area contributed by atoms with Crippen molar-refractivity contribution in [2.45, 2.75) is 18.9 Å². The highest BCUT2D eigenvalue weighted by Crippen LogP contribution is 2.24. The van der Waals surface area contributed by atoms with Crippen molar-refractivity contribution in [3.63, 3.8) is 0 Å². The normalized spacial score (nSPS) is 11.9. The topological polar surface area (TPSA) is 95.1 Å². The number of aryl methyl sites for hydroxylation is 1. The van der Waals surface area contributed by atoms with Crippen LogP contribution in [0.1, 0.15) is 22.3 Å². The molecule has 2 aromatic carbocycles. The number of rotatable bonds is 7. The highest BCUT2D eigenvalue weighted by molar-refractivity contribution is 6.00. The van der Waals surface area contributed by atoms with E-state index < -0.39 is 17.9 Å². The third-order valence-corrected chi connectivity index (χ3v) is 5.04. The Bertz CT molecular complexity index is 1170. The molecule has 4 aromatic rings. The number of nitrogens with zero attached hydrogens (tertiary/aromatic N) is 1. The van der Waals surface area contributed by atoms with Gasteiger partial charge in [-0.2, -0.15) is 0 Å². The summed E-state index contributed by atoms with van der Waals surface area (Å²) in [4.78, 5) is 31.7. The summed E-state index contributed by atoms with van der Waals surface area (Å²) in [6.07, 6.45) is 4.34. The number of carboxylic acids is 1. The van der Waals surface area contributed by atoms with E-state index in [-0.39, 0.29) is 0 Å². The molecule has 0 radical (unpaired) electrons. The highest BCUT2D eigenvalue weighted by Gasteiger charge is 2.21. The molecule has 6 heteroatoms. The van der Waals surface area contributed by atoms with Crippen molar-refractivity contribution >= 4 is 22.8 Å². The number of amides is 1. The van der Waals surface area contributed by atoms with Gasteiger partial charge in [-0.05, 0) is 54.8 Å². The van der Waals surface area contributed by atoms with Gasteiger partial charge >= 0.3 is 5.97 Å². The number of pyridine rings is 1. The second kappa shape index (κ2) is 8.61. The van der Waals surface area contributed by atoms with Crippen LogP contribution < -0.4 is 5.32 Å². The Morgan fingerprint density at radius 2 is 1.77 bits per heavy atom. The summed E-state index contributed by atoms with van der Waals surface area (Å²) in [5, 5.41) is 13.1. The van der Waals surface area contributed by atoms with Crippen molar-refractivity contribution in [2.24, 2.45) is 0 Å². The van der Waals surface area contributed by atoms with E-state index in [1.54, 1.807) is 24.5 Å². The minimum atomic E-state index is -1.04. The molecule has 1 atom stereocenters. The van der Waals surface area contributed by atoms with E-state index in [9.17, 15) is 14.7 Å². The largest absolute Gasteiger partial charge is 0.480 e. The number of carboxylic acid groups (broad SMARTS) is 1. The number of aliphatic carboxylic acids is 1. The fourth-order valence-electron chi connectivity index (χ4n) is 3.42. The summed E-state index contributed by atoms with van der Waals surface area (Å²) in [6, 6.07) is 19.7. The van der Waals surface area contributed by atoms with Crippen LogP contribution in [0.3, 0.4) is 0 Å². The maximum Gasteiger partial charge on any atom is 0.326 e. The van der Waals surface area contributed by atoms with E-state index in [2.05, 4.69) is 15.3 Å². The van der Waals surface area contributed by atoms with Crippen LogP contribution in [0.2, 0.25) is 0 Å². The minimum absolute atomic E-state index is 0.323. The SMILES string of the molecule is O=C(N[C@@H](CCc1ccccc1)C(=O)O)c1ccc2[nH]c(-c3ccncc3)cc2c1. The number of carbonyl (C=O) groups is 2. The lowest BCUT2D eigenvalue weighted by Crippen LogP contribution is -2.41. The van der Waals surface area contributed by atoms with Crippen LogP contribution in [-0.2, 0) is 11.2 Å². The fraction of sp³-hybridized carbons (Fsp3) is 0.125. The Morgan fingerprint density at radius 1 is 1.00 bits per heavy atom. The summed E-state index contributed by atoms with van der Waals surface area (Å²) in [5.74, 6) is -1.44. The number of aromatic amines is 1. The summed E-state index contributed by atoms with van der Waals surface area (Å²) >= 11 is 0. The van der Waals surface area contributed by atoms with E-state index in [1.165, 1.54) is 0 Å². The number of hydrogen-bond acceptors (Lipinski definition) is 3. The van der Waals surface area contributed by atoms with Crippen LogP contribution in [0.5, 0.6) is 0 Å². The Labute approximate surface area is 173 Å². The van der Waals surface area contributed by atoms with Gasteiger partial charge in [0.2, 0.25) is 0 Å². The van der Waals surface area contributed by atoms with Gasteiger partial charge < -0.3 is 15.4 Å². The molecule has 0 bridgehead atoms. The molecule has 0 spiro atoms. The van der Waals surface area contributed by atoms with Gasteiger partial charge in [-0.3, -0.25) is 9.78 Å². The van der Waals surface area contributed by atoms with Gasteiger partial charge in [0.15, 0.2) is 0 Å². The zero-order valence-electron chi connectivity index (χ0n) is 16.2. The molecule has 4 rings (SSSR count). The van der Waals surface area contributed by atoms with E-state index >= 15 is 0 Å². The van der Waals surface area contributed by atoms with Crippen LogP contribution in [0.4, 0.5) is 0 Å². The van der Waals surface area contributed by atoms with E-state index in [1.807, 2.05) is 54.6 Å². The molecule has 0 aliphatic heterocycles. The fourth-order valence-corrected chi connectivity index (χ4v) is 3.42. The van der Waals surface area contributed by atoms with Crippen molar-refractivity contribution < 1.29 is 14.7 Å². The van der Waals surface area contributed by atoms with Gasteiger partial charge in [0.1, 0.15) is 6.04 Å². The Hall–Kier alpha value is -3.93. The second-order valence-electron chi connectivity index (χ2n) is 7.11. The van der Waals surface area contributed by atoms with Crippen molar-refractivity contribution in [3.8, 4) is 11.3 Å². The lowest BCUT2D eigenvalue weighted by molar-refractivity contribution is -0.139. The first-order chi connectivity index (χ1) is 14.6. The molecule has 0 unspecified atom stereocenters. The lowest BCUT2D eigenvalue weighted by Gasteiger charge is -2.14. The molecule has 0 saturated heterocycles. The van der Waals surface area contributed by atoms with Crippen molar-refractivity contribution in [1.29, 1.82) is 0 Å². The smallest absolute Gasteiger partial charge is 0.326 e. The van der Waals surface area contributed by atoms with Crippen LogP contribution >= 0.6 is 0 Å². The quantitative estimate of drug-likeness (QED) is 0.437. The van der Waals surface area contributed by atoms with Crippen LogP contribution in [-0.4, -0.2) is 33.0 Å². The van der Waals surface area contributed by atoms with Crippen LogP contribution in [0.25, 0.3) is 22.2 Å². The summed E-state index contributed by atoms with van der Waals surface area (Å²) in [6.45, 7) is 0. The molecule has 2 heterocycles. The first-order valence-corrected chi connectivity index (χ1v) is 9.71. The summed E-state index contributed by atoms with van der Waals surface area (Å²) in [5.41, 5.74) is 4.29. The second-order valence-corrected chi connectivity index (χ2v) is 7.11. The van der Waals surface area contributed by atoms with Gasteiger partial charge in [0.25, 0.3) is 5.91 Å². The monoisotopic (exact) mass is 399 g/mol. The summed E-state index contributed by atoms with van der Waals surface area (Å²) in [7, 11) is 0. The Kier molecular flexibility index (Phi) is 5.57. The highest BCUT2D eigenvalue weighted by atomic mass is 16.4. The first kappa shape index (κ1) is 19.4. The molecule has 6 nitrogen and oxygen atoms in total. The zero-order chi connectivity index (χ0) is 20.9. The standard InChI is InChI=1S/C24H21N3O3/c28-23(27-21(24(29)30)8-6-16-4-2-1-3-5-16)18-7-9-20-19(14-18)15-22(26-20)17-10-12-25-13-11-17/h1-5,7,9-15,21,26H,6,8H2,(H,27,28)(H,29,30)/t21-/m0/s1. The van der Waals surface area contributed by atoms with E-state index in [0.717, 1.165) is 27.7 Å². The predicted molar refractivity (Wildman–Crippen MR) is 115 cm³/mol. The third kappa shape index (κ3) is 4.38. The maximum absolute atomic E-state index is 12.7. The molecule has 1 amide bonds. The minimum Gasteiger partial charge on any atom is -0.480 e. The van der Waals surface area contributed by atoms with Gasteiger partial charge in [0.05, 0.1) is 0 Å². The van der Waals surface area contributed by atoms with Crippen LogP contribution in [0.15, 0.2) is 79.1 Å². The van der Waals surface area contributed by atoms with Crippen LogP contribution in [0, 0.1) is 0 Å². The Balaban J connectivity index is 1.49. The van der Waals surface area contributed by atoms with E-state index in [4.69, 9.17) is 0 Å². The molecule has 0 aliphatic rings. The van der Waals surface area contributed by atoms with Crippen molar-refractivity contribution in [3.05, 3.63) is 90.3 Å². The average molecular weight is 399 g/mol. The van der Waals surface area contributed by atoms with Gasteiger partial charge in [0, 0.05) is 40.1 Å². The number of carbonyl (C=O) groups excluding carboxylic acids is 1. The first-order valence-electron chi connectivity index (χ1n) is 9.71. The number of fused-ring (bicyclic) bond motifs is 1. The van der Waals surface area contributed by atoms with Gasteiger partial charge in [-0.25, -0.2) is 4.79 Å². The Morgan fingerprint density at radius 3 is 2.50 bits per heavy atom. The third-order valence-electron chi connectivity index (χ3n) is 5.04. The predicted octanol–water partition coefficient (Wildman–Crippen LogP) is 4.05. The molecular formula is C24H21N3O3. The average Bonchev–Trinajstić information content (AvgIpc) is 3.21.